The maximum absolute atomic E-state index is 12.6. The Bertz CT molecular complexity index is 728. The Morgan fingerprint density at radius 3 is 3.00 bits per heavy atom. The second-order valence-electron chi connectivity index (χ2n) is 6.15. The standard InChI is InChI=1S/C17H23N5O2/c1-4-14-13(9-11(2)20-21-14)17(23)19-10-12-5-8-24-15(12)16-18-6-7-22(16)3/h6-7,9,12,15H,4-5,8,10H2,1-3H3,(H,19,23)/t12-,15+/m0/s1. The van der Waals surface area contributed by atoms with Gasteiger partial charge in [-0.2, -0.15) is 10.2 Å². The molecular weight excluding hydrogens is 306 g/mol. The van der Waals surface area contributed by atoms with Crippen molar-refractivity contribution >= 4 is 5.91 Å². The van der Waals surface area contributed by atoms with Crippen molar-refractivity contribution in [1.82, 2.24) is 25.1 Å². The van der Waals surface area contributed by atoms with Crippen LogP contribution >= 0.6 is 0 Å². The van der Waals surface area contributed by atoms with E-state index < -0.39 is 0 Å². The maximum atomic E-state index is 12.6. The van der Waals surface area contributed by atoms with Crippen LogP contribution in [0.15, 0.2) is 18.5 Å². The molecule has 0 aromatic carbocycles. The van der Waals surface area contributed by atoms with Crippen molar-refractivity contribution in [3.05, 3.63) is 41.2 Å². The molecule has 1 saturated heterocycles. The molecule has 0 radical (unpaired) electrons. The Balaban J connectivity index is 1.68. The van der Waals surface area contributed by atoms with Crippen LogP contribution in [0.2, 0.25) is 0 Å². The molecule has 0 aliphatic carbocycles. The van der Waals surface area contributed by atoms with Gasteiger partial charge in [0.25, 0.3) is 5.91 Å². The van der Waals surface area contributed by atoms with Crippen molar-refractivity contribution in [3.8, 4) is 0 Å². The molecule has 7 heteroatoms. The van der Waals surface area contributed by atoms with Crippen LogP contribution in [-0.2, 0) is 18.2 Å². The van der Waals surface area contributed by atoms with Gasteiger partial charge in [0.15, 0.2) is 0 Å². The Hall–Kier alpha value is -2.28. The van der Waals surface area contributed by atoms with Crippen LogP contribution < -0.4 is 5.32 Å². The van der Waals surface area contributed by atoms with Crippen LogP contribution in [0.1, 0.15) is 47.0 Å². The van der Waals surface area contributed by atoms with E-state index in [2.05, 4.69) is 20.5 Å². The van der Waals surface area contributed by atoms with Gasteiger partial charge in [-0.05, 0) is 25.8 Å². The van der Waals surface area contributed by atoms with Gasteiger partial charge in [-0.1, -0.05) is 6.92 Å². The number of aromatic nitrogens is 4. The molecule has 1 aliphatic heterocycles. The summed E-state index contributed by atoms with van der Waals surface area (Å²) < 4.78 is 7.80. The summed E-state index contributed by atoms with van der Waals surface area (Å²) in [5.41, 5.74) is 2.08. The monoisotopic (exact) mass is 329 g/mol. The highest BCUT2D eigenvalue weighted by molar-refractivity contribution is 5.95. The van der Waals surface area contributed by atoms with E-state index in [1.54, 1.807) is 12.3 Å². The first-order valence-corrected chi connectivity index (χ1v) is 8.30. The molecule has 0 spiro atoms. The number of hydrogen-bond donors (Lipinski definition) is 1. The number of aryl methyl sites for hydroxylation is 3. The Morgan fingerprint density at radius 2 is 2.29 bits per heavy atom. The molecule has 1 aliphatic rings. The molecule has 2 aromatic rings. The van der Waals surface area contributed by atoms with Gasteiger partial charge in [0.1, 0.15) is 11.9 Å². The highest BCUT2D eigenvalue weighted by atomic mass is 16.5. The van der Waals surface area contributed by atoms with Crippen molar-refractivity contribution in [2.75, 3.05) is 13.2 Å². The van der Waals surface area contributed by atoms with Gasteiger partial charge in [0.05, 0.1) is 17.0 Å². The summed E-state index contributed by atoms with van der Waals surface area (Å²) in [7, 11) is 1.96. The average Bonchev–Trinajstić information content (AvgIpc) is 3.20. The molecule has 7 nitrogen and oxygen atoms in total. The van der Waals surface area contributed by atoms with Gasteiger partial charge in [0.2, 0.25) is 0 Å². The third-order valence-corrected chi connectivity index (χ3v) is 4.42. The molecule has 1 N–H and O–H groups in total. The van der Waals surface area contributed by atoms with Crippen LogP contribution in [0, 0.1) is 12.8 Å². The first-order chi connectivity index (χ1) is 11.6. The van der Waals surface area contributed by atoms with E-state index in [1.165, 1.54) is 0 Å². The van der Waals surface area contributed by atoms with Gasteiger partial charge in [-0.25, -0.2) is 4.98 Å². The minimum atomic E-state index is -0.102. The number of imidazole rings is 1. The third kappa shape index (κ3) is 3.31. The van der Waals surface area contributed by atoms with E-state index in [1.807, 2.05) is 31.7 Å². The van der Waals surface area contributed by atoms with E-state index >= 15 is 0 Å². The molecule has 3 heterocycles. The number of nitrogens with one attached hydrogen (secondary N) is 1. The van der Waals surface area contributed by atoms with Crippen LogP contribution in [0.5, 0.6) is 0 Å². The molecule has 2 aromatic heterocycles. The summed E-state index contributed by atoms with van der Waals surface area (Å²) in [6.45, 7) is 5.05. The van der Waals surface area contributed by atoms with Crippen molar-refractivity contribution < 1.29 is 9.53 Å². The van der Waals surface area contributed by atoms with Crippen LogP contribution in [0.25, 0.3) is 0 Å². The van der Waals surface area contributed by atoms with E-state index in [9.17, 15) is 4.79 Å². The highest BCUT2D eigenvalue weighted by Crippen LogP contribution is 2.32. The Kier molecular flexibility index (Phi) is 4.89. The number of rotatable bonds is 5. The van der Waals surface area contributed by atoms with E-state index in [0.717, 1.165) is 23.6 Å². The minimum absolute atomic E-state index is 0.0757. The summed E-state index contributed by atoms with van der Waals surface area (Å²) in [6.07, 6.45) is 5.19. The van der Waals surface area contributed by atoms with Crippen molar-refractivity contribution in [2.45, 2.75) is 32.8 Å². The largest absolute Gasteiger partial charge is 0.370 e. The lowest BCUT2D eigenvalue weighted by Gasteiger charge is -2.19. The fourth-order valence-corrected chi connectivity index (χ4v) is 3.07. The van der Waals surface area contributed by atoms with Gasteiger partial charge in [-0.15, -0.1) is 0 Å². The van der Waals surface area contributed by atoms with Gasteiger partial charge in [0, 0.05) is 38.5 Å². The summed E-state index contributed by atoms with van der Waals surface area (Å²) in [4.78, 5) is 16.9. The molecule has 0 bridgehead atoms. The zero-order valence-electron chi connectivity index (χ0n) is 14.3. The molecule has 24 heavy (non-hydrogen) atoms. The second-order valence-corrected chi connectivity index (χ2v) is 6.15. The molecule has 128 valence electrons. The number of hydrogen-bond acceptors (Lipinski definition) is 5. The summed E-state index contributed by atoms with van der Waals surface area (Å²) in [5.74, 6) is 1.02. The quantitative estimate of drug-likeness (QED) is 0.901. The lowest BCUT2D eigenvalue weighted by Crippen LogP contribution is -2.32. The fraction of sp³-hybridized carbons (Fsp3) is 0.529. The molecule has 2 atom stereocenters. The molecular formula is C17H23N5O2. The SMILES string of the molecule is CCc1nnc(C)cc1C(=O)NC[C@@H]1CCO[C@H]1c1nccn1C. The topological polar surface area (TPSA) is 81.9 Å². The number of carbonyl (C=O) groups is 1. The molecule has 1 amide bonds. The van der Waals surface area contributed by atoms with Crippen molar-refractivity contribution in [3.63, 3.8) is 0 Å². The lowest BCUT2D eigenvalue weighted by atomic mass is 10.0. The van der Waals surface area contributed by atoms with Crippen LogP contribution in [-0.4, -0.2) is 38.8 Å². The number of carbonyl (C=O) groups excluding carboxylic acids is 1. The van der Waals surface area contributed by atoms with E-state index in [-0.39, 0.29) is 17.9 Å². The fourth-order valence-electron chi connectivity index (χ4n) is 3.07. The number of nitrogens with zero attached hydrogens (tertiary/aromatic N) is 4. The van der Waals surface area contributed by atoms with Gasteiger partial charge < -0.3 is 14.6 Å². The Labute approximate surface area is 141 Å². The summed E-state index contributed by atoms with van der Waals surface area (Å²) in [6, 6.07) is 1.79. The predicted octanol–water partition coefficient (Wildman–Crippen LogP) is 1.59. The minimum Gasteiger partial charge on any atom is -0.370 e. The van der Waals surface area contributed by atoms with Crippen LogP contribution in [0.4, 0.5) is 0 Å². The molecule has 3 rings (SSSR count). The number of ether oxygens (including phenoxy) is 1. The summed E-state index contributed by atoms with van der Waals surface area (Å²) >= 11 is 0. The first-order valence-electron chi connectivity index (χ1n) is 8.30. The summed E-state index contributed by atoms with van der Waals surface area (Å²) in [5, 5.41) is 11.2. The van der Waals surface area contributed by atoms with E-state index in [0.29, 0.717) is 25.1 Å². The van der Waals surface area contributed by atoms with Crippen LogP contribution in [0.3, 0.4) is 0 Å². The zero-order chi connectivity index (χ0) is 17.1. The second kappa shape index (κ2) is 7.09. The molecule has 0 saturated carbocycles. The third-order valence-electron chi connectivity index (χ3n) is 4.42. The Morgan fingerprint density at radius 1 is 1.46 bits per heavy atom. The van der Waals surface area contributed by atoms with Gasteiger partial charge in [-0.3, -0.25) is 4.79 Å². The highest BCUT2D eigenvalue weighted by Gasteiger charge is 2.32. The zero-order valence-corrected chi connectivity index (χ0v) is 14.3. The van der Waals surface area contributed by atoms with Crippen molar-refractivity contribution in [1.29, 1.82) is 0 Å². The smallest absolute Gasteiger partial charge is 0.253 e. The van der Waals surface area contributed by atoms with E-state index in [4.69, 9.17) is 4.74 Å². The first kappa shape index (κ1) is 16.6. The molecule has 0 unspecified atom stereocenters. The number of amides is 1. The average molecular weight is 329 g/mol. The maximum Gasteiger partial charge on any atom is 0.253 e. The van der Waals surface area contributed by atoms with Crippen molar-refractivity contribution in [2.24, 2.45) is 13.0 Å². The van der Waals surface area contributed by atoms with Gasteiger partial charge >= 0.3 is 0 Å². The normalized spacial score (nSPS) is 20.3. The molecule has 1 fully saturated rings. The lowest BCUT2D eigenvalue weighted by molar-refractivity contribution is 0.0779. The predicted molar refractivity (Wildman–Crippen MR) is 88.5 cm³/mol.